The molecule has 0 aliphatic carbocycles. The molecule has 0 aliphatic rings. The van der Waals surface area contributed by atoms with Gasteiger partial charge >= 0.3 is 0 Å². The van der Waals surface area contributed by atoms with Crippen LogP contribution in [0, 0.1) is 0 Å². The fourth-order valence-electron chi connectivity index (χ4n) is 3.48. The molecule has 6 heteroatoms. The van der Waals surface area contributed by atoms with Gasteiger partial charge in [-0.2, -0.15) is 5.10 Å². The fraction of sp³-hybridized carbons (Fsp3) is 0.154. The average molecular weight is 491 g/mol. The second-order valence-corrected chi connectivity index (χ2v) is 8.14. The van der Waals surface area contributed by atoms with Gasteiger partial charge in [0.2, 0.25) is 0 Å². The summed E-state index contributed by atoms with van der Waals surface area (Å²) in [5.41, 5.74) is 3.40. The quantitative estimate of drug-likeness (QED) is 0.325. The molecule has 1 heterocycles. The summed E-state index contributed by atoms with van der Waals surface area (Å²) in [4.78, 5) is 13.1. The third-order valence-electron chi connectivity index (χ3n) is 5.30. The number of rotatable bonds is 7. The lowest BCUT2D eigenvalue weighted by atomic mass is 10.1. The standard InChI is InChI=1S/C26H23BrN2O3/c1-18(20-11-7-4-8-12-20)29-26(30)25(27)22(16-28-29)21-13-14-23(24(15-21)31-2)32-17-19-9-5-3-6-10-19/h3-16,18H,17H2,1-2H3. The van der Waals surface area contributed by atoms with Crippen LogP contribution in [0.2, 0.25) is 0 Å². The van der Waals surface area contributed by atoms with E-state index in [0.29, 0.717) is 28.1 Å². The van der Waals surface area contributed by atoms with Crippen LogP contribution in [0.4, 0.5) is 0 Å². The van der Waals surface area contributed by atoms with Crippen LogP contribution in [0.3, 0.4) is 0 Å². The van der Waals surface area contributed by atoms with E-state index < -0.39 is 0 Å². The van der Waals surface area contributed by atoms with E-state index in [0.717, 1.165) is 16.7 Å². The lowest BCUT2D eigenvalue weighted by Crippen LogP contribution is -2.27. The summed E-state index contributed by atoms with van der Waals surface area (Å²) in [6.07, 6.45) is 1.70. The fourth-order valence-corrected chi connectivity index (χ4v) is 4.00. The second kappa shape index (κ2) is 9.83. The minimum Gasteiger partial charge on any atom is -0.493 e. The first-order valence-electron chi connectivity index (χ1n) is 10.3. The predicted octanol–water partition coefficient (Wildman–Crippen LogP) is 5.87. The van der Waals surface area contributed by atoms with Crippen molar-refractivity contribution in [2.75, 3.05) is 7.11 Å². The maximum atomic E-state index is 13.1. The Bertz CT molecular complexity index is 1260. The zero-order valence-corrected chi connectivity index (χ0v) is 19.5. The molecule has 162 valence electrons. The van der Waals surface area contributed by atoms with E-state index in [1.165, 1.54) is 4.68 Å². The number of ether oxygens (including phenoxy) is 2. The van der Waals surface area contributed by atoms with Gasteiger partial charge in [-0.15, -0.1) is 0 Å². The first-order chi connectivity index (χ1) is 15.6. The highest BCUT2D eigenvalue weighted by molar-refractivity contribution is 9.10. The van der Waals surface area contributed by atoms with Gasteiger partial charge in [0.15, 0.2) is 11.5 Å². The Hall–Kier alpha value is -3.38. The van der Waals surface area contributed by atoms with Crippen molar-refractivity contribution in [2.24, 2.45) is 0 Å². The van der Waals surface area contributed by atoms with Gasteiger partial charge in [0.05, 0.1) is 23.8 Å². The molecule has 0 fully saturated rings. The van der Waals surface area contributed by atoms with Crippen LogP contribution in [0.5, 0.6) is 11.5 Å². The van der Waals surface area contributed by atoms with E-state index in [4.69, 9.17) is 9.47 Å². The van der Waals surface area contributed by atoms with E-state index in [2.05, 4.69) is 21.0 Å². The molecule has 0 amide bonds. The molecule has 0 spiro atoms. The monoisotopic (exact) mass is 490 g/mol. The predicted molar refractivity (Wildman–Crippen MR) is 129 cm³/mol. The minimum absolute atomic E-state index is 0.183. The molecule has 0 saturated heterocycles. The van der Waals surface area contributed by atoms with Gasteiger partial charge in [0.25, 0.3) is 5.56 Å². The average Bonchev–Trinajstić information content (AvgIpc) is 2.85. The SMILES string of the molecule is COc1cc(-c2cnn(C(C)c3ccccc3)c(=O)c2Br)ccc1OCc1ccccc1. The lowest BCUT2D eigenvalue weighted by Gasteiger charge is -2.16. The van der Waals surface area contributed by atoms with Crippen LogP contribution in [-0.4, -0.2) is 16.9 Å². The minimum atomic E-state index is -0.192. The molecule has 3 aromatic carbocycles. The maximum Gasteiger partial charge on any atom is 0.282 e. The molecule has 0 bridgehead atoms. The van der Waals surface area contributed by atoms with Crippen LogP contribution in [-0.2, 0) is 6.61 Å². The largest absolute Gasteiger partial charge is 0.493 e. The van der Waals surface area contributed by atoms with Gasteiger partial charge in [0, 0.05) is 5.56 Å². The number of halogens is 1. The Balaban J connectivity index is 1.62. The van der Waals surface area contributed by atoms with Crippen LogP contribution in [0.1, 0.15) is 24.1 Å². The van der Waals surface area contributed by atoms with E-state index in [1.54, 1.807) is 13.3 Å². The van der Waals surface area contributed by atoms with Gasteiger partial charge in [-0.25, -0.2) is 4.68 Å². The third-order valence-corrected chi connectivity index (χ3v) is 6.07. The van der Waals surface area contributed by atoms with Crippen molar-refractivity contribution in [1.29, 1.82) is 0 Å². The molecule has 0 saturated carbocycles. The van der Waals surface area contributed by atoms with Crippen LogP contribution in [0.25, 0.3) is 11.1 Å². The zero-order chi connectivity index (χ0) is 22.5. The van der Waals surface area contributed by atoms with Crippen molar-refractivity contribution in [3.63, 3.8) is 0 Å². The molecule has 5 nitrogen and oxygen atoms in total. The summed E-state index contributed by atoms with van der Waals surface area (Å²) >= 11 is 3.49. The first-order valence-corrected chi connectivity index (χ1v) is 11.0. The number of aromatic nitrogens is 2. The Kier molecular flexibility index (Phi) is 6.71. The molecular weight excluding hydrogens is 468 g/mol. The van der Waals surface area contributed by atoms with Crippen molar-refractivity contribution in [2.45, 2.75) is 19.6 Å². The van der Waals surface area contributed by atoms with Crippen LogP contribution >= 0.6 is 15.9 Å². The molecule has 1 aromatic heterocycles. The van der Waals surface area contributed by atoms with Gasteiger partial charge < -0.3 is 9.47 Å². The molecule has 4 rings (SSSR count). The highest BCUT2D eigenvalue weighted by Crippen LogP contribution is 2.35. The number of hydrogen-bond donors (Lipinski definition) is 0. The van der Waals surface area contributed by atoms with Crippen LogP contribution in [0.15, 0.2) is 94.3 Å². The van der Waals surface area contributed by atoms with Crippen molar-refractivity contribution in [1.82, 2.24) is 9.78 Å². The molecule has 32 heavy (non-hydrogen) atoms. The van der Waals surface area contributed by atoms with Gasteiger partial charge in [0.1, 0.15) is 6.61 Å². The number of benzene rings is 3. The normalized spacial score (nSPS) is 11.7. The highest BCUT2D eigenvalue weighted by atomic mass is 79.9. The number of nitrogens with zero attached hydrogens (tertiary/aromatic N) is 2. The first kappa shape index (κ1) is 21.8. The van der Waals surface area contributed by atoms with E-state index >= 15 is 0 Å². The molecule has 0 radical (unpaired) electrons. The summed E-state index contributed by atoms with van der Waals surface area (Å²) in [7, 11) is 1.60. The highest BCUT2D eigenvalue weighted by Gasteiger charge is 2.17. The number of hydrogen-bond acceptors (Lipinski definition) is 4. The Labute approximate surface area is 195 Å². The van der Waals surface area contributed by atoms with Gasteiger partial charge in [-0.1, -0.05) is 66.7 Å². The Morgan fingerprint density at radius 3 is 2.34 bits per heavy atom. The van der Waals surface area contributed by atoms with E-state index in [-0.39, 0.29) is 11.6 Å². The lowest BCUT2D eigenvalue weighted by molar-refractivity contribution is 0.284. The topological polar surface area (TPSA) is 53.4 Å². The molecular formula is C26H23BrN2O3. The molecule has 4 aromatic rings. The number of methoxy groups -OCH3 is 1. The smallest absolute Gasteiger partial charge is 0.282 e. The Morgan fingerprint density at radius 2 is 1.66 bits per heavy atom. The molecule has 0 aliphatic heterocycles. The van der Waals surface area contributed by atoms with Crippen molar-refractivity contribution >= 4 is 15.9 Å². The zero-order valence-electron chi connectivity index (χ0n) is 17.9. The van der Waals surface area contributed by atoms with E-state index in [1.807, 2.05) is 85.8 Å². The summed E-state index contributed by atoms with van der Waals surface area (Å²) in [6.45, 7) is 2.40. The summed E-state index contributed by atoms with van der Waals surface area (Å²) in [5, 5.41) is 4.45. The van der Waals surface area contributed by atoms with Crippen molar-refractivity contribution < 1.29 is 9.47 Å². The van der Waals surface area contributed by atoms with Gasteiger partial charge in [-0.3, -0.25) is 4.79 Å². The maximum absolute atomic E-state index is 13.1. The Morgan fingerprint density at radius 1 is 0.969 bits per heavy atom. The second-order valence-electron chi connectivity index (χ2n) is 7.35. The van der Waals surface area contributed by atoms with Crippen molar-refractivity contribution in [3.05, 3.63) is 111 Å². The van der Waals surface area contributed by atoms with E-state index in [9.17, 15) is 4.79 Å². The summed E-state index contributed by atoms with van der Waals surface area (Å²) < 4.78 is 13.4. The molecule has 1 atom stereocenters. The summed E-state index contributed by atoms with van der Waals surface area (Å²) in [6, 6.07) is 25.2. The molecule has 1 unspecified atom stereocenters. The molecule has 0 N–H and O–H groups in total. The van der Waals surface area contributed by atoms with Crippen molar-refractivity contribution in [3.8, 4) is 22.6 Å². The van der Waals surface area contributed by atoms with Gasteiger partial charge in [-0.05, 0) is 51.7 Å². The summed E-state index contributed by atoms with van der Waals surface area (Å²) in [5.74, 6) is 1.22. The third kappa shape index (κ3) is 4.60. The van der Waals surface area contributed by atoms with Crippen LogP contribution < -0.4 is 15.0 Å².